The van der Waals surface area contributed by atoms with E-state index in [9.17, 15) is 0 Å². The Morgan fingerprint density at radius 3 is 2.48 bits per heavy atom. The fraction of sp³-hybridized carbons (Fsp3) is 0.875. The number of aromatic nitrogens is 3. The zero-order valence-electron chi connectivity index (χ0n) is 14.3. The molecule has 1 saturated carbocycles. The lowest BCUT2D eigenvalue weighted by Gasteiger charge is -2.48. The van der Waals surface area contributed by atoms with Crippen molar-refractivity contribution in [2.45, 2.75) is 70.0 Å². The second-order valence-electron chi connectivity index (χ2n) is 6.82. The molecule has 0 amide bonds. The number of nitrogens with zero attached hydrogens (tertiary/aromatic N) is 4. The zero-order chi connectivity index (χ0) is 15.5. The Morgan fingerprint density at radius 1 is 1.29 bits per heavy atom. The average molecular weight is 293 g/mol. The maximum Gasteiger partial charge on any atom is 0.138 e. The van der Waals surface area contributed by atoms with Crippen molar-refractivity contribution < 1.29 is 0 Å². The fourth-order valence-electron chi connectivity index (χ4n) is 3.87. The van der Waals surface area contributed by atoms with E-state index in [-0.39, 0.29) is 5.54 Å². The highest BCUT2D eigenvalue weighted by Crippen LogP contribution is 2.36. The van der Waals surface area contributed by atoms with Crippen LogP contribution in [0.5, 0.6) is 0 Å². The van der Waals surface area contributed by atoms with Crippen LogP contribution >= 0.6 is 0 Å². The normalized spacial score (nSPS) is 20.1. The first-order valence-corrected chi connectivity index (χ1v) is 8.24. The summed E-state index contributed by atoms with van der Waals surface area (Å²) in [5, 5.41) is 7.96. The van der Waals surface area contributed by atoms with Crippen LogP contribution in [0.15, 0.2) is 6.33 Å². The maximum absolute atomic E-state index is 4.50. The summed E-state index contributed by atoms with van der Waals surface area (Å²) >= 11 is 0. The summed E-state index contributed by atoms with van der Waals surface area (Å²) in [4.78, 5) is 6.94. The van der Waals surface area contributed by atoms with Crippen LogP contribution in [0.3, 0.4) is 0 Å². The Balaban J connectivity index is 2.23. The lowest BCUT2D eigenvalue weighted by Crippen LogP contribution is -2.60. The van der Waals surface area contributed by atoms with Gasteiger partial charge in [0, 0.05) is 24.0 Å². The molecule has 0 spiro atoms. The number of rotatable bonds is 6. The Bertz CT molecular complexity index is 432. The second-order valence-corrected chi connectivity index (χ2v) is 6.82. The van der Waals surface area contributed by atoms with E-state index in [0.29, 0.717) is 12.1 Å². The molecule has 1 fully saturated rings. The lowest BCUT2D eigenvalue weighted by molar-refractivity contribution is 0.0585. The molecule has 0 radical (unpaired) electrons. The van der Waals surface area contributed by atoms with E-state index < -0.39 is 0 Å². The zero-order valence-corrected chi connectivity index (χ0v) is 14.3. The van der Waals surface area contributed by atoms with Crippen molar-refractivity contribution in [1.82, 2.24) is 25.0 Å². The molecule has 1 heterocycles. The van der Waals surface area contributed by atoms with E-state index in [1.54, 1.807) is 6.33 Å². The molecular weight excluding hydrogens is 262 g/mol. The van der Waals surface area contributed by atoms with Gasteiger partial charge in [-0.2, -0.15) is 5.10 Å². The smallest absolute Gasteiger partial charge is 0.138 e. The molecule has 1 aliphatic rings. The topological polar surface area (TPSA) is 46.0 Å². The number of hydrogen-bond acceptors (Lipinski definition) is 4. The summed E-state index contributed by atoms with van der Waals surface area (Å²) in [5.74, 6) is 1.09. The first-order chi connectivity index (χ1) is 10.0. The van der Waals surface area contributed by atoms with Gasteiger partial charge in [-0.25, -0.2) is 9.67 Å². The highest BCUT2D eigenvalue weighted by Gasteiger charge is 2.41. The Morgan fingerprint density at radius 2 is 1.95 bits per heavy atom. The van der Waals surface area contributed by atoms with Crippen molar-refractivity contribution in [3.63, 3.8) is 0 Å². The van der Waals surface area contributed by atoms with Crippen LogP contribution in [0, 0.1) is 0 Å². The summed E-state index contributed by atoms with van der Waals surface area (Å²) in [7, 11) is 6.53. The fourth-order valence-corrected chi connectivity index (χ4v) is 3.87. The van der Waals surface area contributed by atoms with Gasteiger partial charge in [0.1, 0.15) is 12.2 Å². The van der Waals surface area contributed by atoms with Crippen LogP contribution < -0.4 is 5.32 Å². The number of nitrogens with one attached hydrogen (secondary N) is 1. The third-order valence-corrected chi connectivity index (χ3v) is 5.13. The SMILES string of the molecule is CNC(Cc1ncnn1C(C)C)C1(N(C)C)CCCCC1. The van der Waals surface area contributed by atoms with Gasteiger partial charge in [-0.15, -0.1) is 0 Å². The Kier molecular flexibility index (Phi) is 5.38. The number of hydrogen-bond donors (Lipinski definition) is 1. The van der Waals surface area contributed by atoms with Gasteiger partial charge >= 0.3 is 0 Å². The minimum absolute atomic E-state index is 0.237. The Hall–Kier alpha value is -0.940. The van der Waals surface area contributed by atoms with Crippen LogP contribution in [0.2, 0.25) is 0 Å². The minimum Gasteiger partial charge on any atom is -0.315 e. The van der Waals surface area contributed by atoms with Gasteiger partial charge in [-0.05, 0) is 47.8 Å². The standard InChI is InChI=1S/C16H31N5/c1-13(2)21-15(18-12-19-21)11-14(17-3)16(20(4)5)9-7-6-8-10-16/h12-14,17H,6-11H2,1-5H3. The van der Waals surface area contributed by atoms with E-state index in [1.807, 2.05) is 0 Å². The monoisotopic (exact) mass is 293 g/mol. The van der Waals surface area contributed by atoms with Gasteiger partial charge in [0.25, 0.3) is 0 Å². The van der Waals surface area contributed by atoms with Crippen LogP contribution in [0.25, 0.3) is 0 Å². The molecule has 1 atom stereocenters. The average Bonchev–Trinajstić information content (AvgIpc) is 2.93. The molecule has 0 saturated heterocycles. The van der Waals surface area contributed by atoms with Gasteiger partial charge in [-0.3, -0.25) is 0 Å². The van der Waals surface area contributed by atoms with Crippen molar-refractivity contribution in [2.24, 2.45) is 0 Å². The van der Waals surface area contributed by atoms with Gasteiger partial charge in [0.2, 0.25) is 0 Å². The first-order valence-electron chi connectivity index (χ1n) is 8.24. The highest BCUT2D eigenvalue weighted by molar-refractivity contribution is 5.05. The second kappa shape index (κ2) is 6.88. The summed E-state index contributed by atoms with van der Waals surface area (Å²) in [6.45, 7) is 4.32. The predicted octanol–water partition coefficient (Wildman–Crippen LogP) is 2.25. The molecule has 0 aromatic carbocycles. The van der Waals surface area contributed by atoms with E-state index in [0.717, 1.165) is 12.2 Å². The molecular formula is C16H31N5. The van der Waals surface area contributed by atoms with E-state index in [2.05, 4.69) is 60.0 Å². The van der Waals surface area contributed by atoms with Crippen LogP contribution in [0.4, 0.5) is 0 Å². The van der Waals surface area contributed by atoms with Crippen molar-refractivity contribution in [1.29, 1.82) is 0 Å². The molecule has 21 heavy (non-hydrogen) atoms. The summed E-state index contributed by atoms with van der Waals surface area (Å²) in [6, 6.07) is 0.774. The number of likely N-dealkylation sites (N-methyl/N-ethyl adjacent to an activating group) is 2. The largest absolute Gasteiger partial charge is 0.315 e. The van der Waals surface area contributed by atoms with Crippen LogP contribution in [0.1, 0.15) is 57.8 Å². The molecule has 1 aromatic rings. The molecule has 0 aliphatic heterocycles. The van der Waals surface area contributed by atoms with Crippen LogP contribution in [-0.4, -0.2) is 52.4 Å². The Labute approximate surface area is 129 Å². The van der Waals surface area contributed by atoms with Crippen LogP contribution in [-0.2, 0) is 6.42 Å². The lowest BCUT2D eigenvalue weighted by atomic mass is 9.74. The first kappa shape index (κ1) is 16.4. The molecule has 1 aromatic heterocycles. The van der Waals surface area contributed by atoms with Crippen molar-refractivity contribution in [3.8, 4) is 0 Å². The van der Waals surface area contributed by atoms with Gasteiger partial charge in [-0.1, -0.05) is 19.3 Å². The van der Waals surface area contributed by atoms with Gasteiger partial charge in [0.05, 0.1) is 0 Å². The summed E-state index contributed by atoms with van der Waals surface area (Å²) < 4.78 is 2.05. The molecule has 2 rings (SSSR count). The molecule has 5 nitrogen and oxygen atoms in total. The van der Waals surface area contributed by atoms with Crippen molar-refractivity contribution in [3.05, 3.63) is 12.2 Å². The van der Waals surface area contributed by atoms with Gasteiger partial charge in [0.15, 0.2) is 0 Å². The van der Waals surface area contributed by atoms with Gasteiger partial charge < -0.3 is 10.2 Å². The molecule has 1 aliphatic carbocycles. The summed E-state index contributed by atoms with van der Waals surface area (Å²) in [6.07, 6.45) is 9.18. The van der Waals surface area contributed by atoms with Crippen molar-refractivity contribution >= 4 is 0 Å². The molecule has 1 N–H and O–H groups in total. The predicted molar refractivity (Wildman–Crippen MR) is 86.5 cm³/mol. The third kappa shape index (κ3) is 3.29. The molecule has 120 valence electrons. The highest BCUT2D eigenvalue weighted by atomic mass is 15.3. The molecule has 5 heteroatoms. The van der Waals surface area contributed by atoms with E-state index in [4.69, 9.17) is 0 Å². The quantitative estimate of drug-likeness (QED) is 0.874. The minimum atomic E-state index is 0.237. The maximum atomic E-state index is 4.50. The molecule has 1 unspecified atom stereocenters. The summed E-state index contributed by atoms with van der Waals surface area (Å²) in [5.41, 5.74) is 0.237. The van der Waals surface area contributed by atoms with E-state index in [1.165, 1.54) is 32.1 Å². The van der Waals surface area contributed by atoms with Crippen molar-refractivity contribution in [2.75, 3.05) is 21.1 Å². The third-order valence-electron chi connectivity index (χ3n) is 5.13. The van der Waals surface area contributed by atoms with E-state index >= 15 is 0 Å². The molecule has 0 bridgehead atoms.